The van der Waals surface area contributed by atoms with E-state index >= 15 is 0 Å². The molecule has 0 saturated carbocycles. The second kappa shape index (κ2) is 6.34. The Morgan fingerprint density at radius 1 is 1.33 bits per heavy atom. The lowest BCUT2D eigenvalue weighted by atomic mass is 9.82. The Bertz CT molecular complexity index is 474. The summed E-state index contributed by atoms with van der Waals surface area (Å²) >= 11 is 0. The second-order valence-electron chi connectivity index (χ2n) is 6.26. The van der Waals surface area contributed by atoms with Gasteiger partial charge in [-0.1, -0.05) is 6.92 Å². The van der Waals surface area contributed by atoms with Crippen molar-refractivity contribution in [1.29, 1.82) is 0 Å². The molecule has 2 heterocycles. The third-order valence-corrected chi connectivity index (χ3v) is 4.69. The Morgan fingerprint density at radius 2 is 2.00 bits per heavy atom. The summed E-state index contributed by atoms with van der Waals surface area (Å²) in [5.74, 6) is 7.35. The minimum atomic E-state index is -0.0557. The number of rotatable bonds is 5. The van der Waals surface area contributed by atoms with Crippen LogP contribution in [0, 0.1) is 11.8 Å². The van der Waals surface area contributed by atoms with Gasteiger partial charge in [0.25, 0.3) is 0 Å². The van der Waals surface area contributed by atoms with Gasteiger partial charge in [-0.15, -0.1) is 0 Å². The standard InChI is InChI=1S/C15H28N4O2/c1-8(2)19-15(12(20-6)7-17-19)14(18-16)13-9(3)10(4)21-11(13)5/h7-11,13-14,18H,16H2,1-6H3. The highest BCUT2D eigenvalue weighted by molar-refractivity contribution is 5.30. The SMILES string of the molecule is COc1cnn(C(C)C)c1C(NN)C1C(C)OC(C)C1C. The van der Waals surface area contributed by atoms with Crippen LogP contribution in [0.5, 0.6) is 5.75 Å². The molecular weight excluding hydrogens is 268 g/mol. The molecule has 0 spiro atoms. The number of nitrogens with two attached hydrogens (primary N) is 1. The molecule has 120 valence electrons. The van der Waals surface area contributed by atoms with Crippen LogP contribution in [-0.4, -0.2) is 29.1 Å². The van der Waals surface area contributed by atoms with Crippen LogP contribution < -0.4 is 16.0 Å². The van der Waals surface area contributed by atoms with Gasteiger partial charge in [-0.3, -0.25) is 16.0 Å². The summed E-state index contributed by atoms with van der Waals surface area (Å²) in [5.41, 5.74) is 3.97. The van der Waals surface area contributed by atoms with Gasteiger partial charge >= 0.3 is 0 Å². The Labute approximate surface area is 126 Å². The Hall–Kier alpha value is -1.11. The fourth-order valence-electron chi connectivity index (χ4n) is 3.46. The van der Waals surface area contributed by atoms with Crippen LogP contribution in [0.2, 0.25) is 0 Å². The van der Waals surface area contributed by atoms with Crippen molar-refractivity contribution >= 4 is 0 Å². The molecule has 1 saturated heterocycles. The van der Waals surface area contributed by atoms with Gasteiger partial charge in [0.05, 0.1) is 37.3 Å². The van der Waals surface area contributed by atoms with Crippen LogP contribution in [0.3, 0.4) is 0 Å². The van der Waals surface area contributed by atoms with Gasteiger partial charge in [0.1, 0.15) is 0 Å². The van der Waals surface area contributed by atoms with Crippen LogP contribution in [0.15, 0.2) is 6.20 Å². The number of aromatic nitrogens is 2. The molecule has 2 rings (SSSR count). The summed E-state index contributed by atoms with van der Waals surface area (Å²) in [4.78, 5) is 0. The fraction of sp³-hybridized carbons (Fsp3) is 0.800. The lowest BCUT2D eigenvalue weighted by Gasteiger charge is -2.30. The van der Waals surface area contributed by atoms with Gasteiger partial charge in [0.15, 0.2) is 5.75 Å². The van der Waals surface area contributed by atoms with Crippen molar-refractivity contribution in [2.24, 2.45) is 17.7 Å². The molecule has 0 radical (unpaired) electrons. The maximum Gasteiger partial charge on any atom is 0.161 e. The van der Waals surface area contributed by atoms with Crippen LogP contribution in [0.4, 0.5) is 0 Å². The van der Waals surface area contributed by atoms with E-state index in [1.54, 1.807) is 13.3 Å². The molecule has 5 unspecified atom stereocenters. The van der Waals surface area contributed by atoms with E-state index in [4.69, 9.17) is 15.3 Å². The van der Waals surface area contributed by atoms with E-state index in [1.807, 2.05) is 4.68 Å². The Balaban J connectivity index is 2.44. The van der Waals surface area contributed by atoms with E-state index in [-0.39, 0.29) is 30.2 Å². The molecule has 1 aromatic heterocycles. The number of hydrogen-bond donors (Lipinski definition) is 2. The number of hydrogen-bond acceptors (Lipinski definition) is 5. The van der Waals surface area contributed by atoms with E-state index in [0.717, 1.165) is 11.4 Å². The molecule has 0 aliphatic carbocycles. The van der Waals surface area contributed by atoms with E-state index < -0.39 is 0 Å². The van der Waals surface area contributed by atoms with E-state index in [2.05, 4.69) is 45.1 Å². The molecule has 6 nitrogen and oxygen atoms in total. The molecule has 1 aliphatic rings. The van der Waals surface area contributed by atoms with Gasteiger partial charge in [-0.05, 0) is 33.6 Å². The van der Waals surface area contributed by atoms with Crippen LogP contribution in [0.1, 0.15) is 52.4 Å². The van der Waals surface area contributed by atoms with Crippen LogP contribution >= 0.6 is 0 Å². The first-order valence-electron chi connectivity index (χ1n) is 7.65. The van der Waals surface area contributed by atoms with Gasteiger partial charge in [0, 0.05) is 12.0 Å². The largest absolute Gasteiger partial charge is 0.493 e. The second-order valence-corrected chi connectivity index (χ2v) is 6.26. The zero-order chi connectivity index (χ0) is 15.7. The lowest BCUT2D eigenvalue weighted by Crippen LogP contribution is -2.40. The number of nitrogens with one attached hydrogen (secondary N) is 1. The van der Waals surface area contributed by atoms with Crippen molar-refractivity contribution in [2.45, 2.75) is 58.9 Å². The minimum Gasteiger partial charge on any atom is -0.493 e. The predicted molar refractivity (Wildman–Crippen MR) is 81.9 cm³/mol. The van der Waals surface area contributed by atoms with Gasteiger partial charge < -0.3 is 9.47 Å². The first kappa shape index (κ1) is 16.3. The summed E-state index contributed by atoms with van der Waals surface area (Å²) in [6.45, 7) is 10.6. The molecular formula is C15H28N4O2. The summed E-state index contributed by atoms with van der Waals surface area (Å²) in [6.07, 6.45) is 2.12. The molecule has 0 aromatic carbocycles. The van der Waals surface area contributed by atoms with Crippen molar-refractivity contribution < 1.29 is 9.47 Å². The van der Waals surface area contributed by atoms with E-state index in [0.29, 0.717) is 5.92 Å². The maximum atomic E-state index is 5.97. The quantitative estimate of drug-likeness (QED) is 0.642. The molecule has 21 heavy (non-hydrogen) atoms. The molecule has 1 aliphatic heterocycles. The zero-order valence-electron chi connectivity index (χ0n) is 13.8. The Kier molecular flexibility index (Phi) is 4.91. The van der Waals surface area contributed by atoms with Crippen molar-refractivity contribution in [3.63, 3.8) is 0 Å². The summed E-state index contributed by atoms with van der Waals surface area (Å²) in [6, 6.07) is 0.185. The van der Waals surface area contributed by atoms with E-state index in [1.165, 1.54) is 0 Å². The molecule has 3 N–H and O–H groups in total. The highest BCUT2D eigenvalue weighted by Crippen LogP contribution is 2.42. The number of hydrazine groups is 1. The topological polar surface area (TPSA) is 74.3 Å². The monoisotopic (exact) mass is 296 g/mol. The van der Waals surface area contributed by atoms with Gasteiger partial charge in [-0.2, -0.15) is 5.10 Å². The summed E-state index contributed by atoms with van der Waals surface area (Å²) < 4.78 is 13.4. The van der Waals surface area contributed by atoms with Crippen molar-refractivity contribution in [3.8, 4) is 5.75 Å². The first-order chi connectivity index (χ1) is 9.92. The minimum absolute atomic E-state index is 0.0557. The molecule has 0 amide bonds. The fourth-order valence-corrected chi connectivity index (χ4v) is 3.46. The summed E-state index contributed by atoms with van der Waals surface area (Å²) in [7, 11) is 1.67. The predicted octanol–water partition coefficient (Wildman–Crippen LogP) is 2.04. The van der Waals surface area contributed by atoms with Crippen LogP contribution in [-0.2, 0) is 4.74 Å². The first-order valence-corrected chi connectivity index (χ1v) is 7.65. The highest BCUT2D eigenvalue weighted by atomic mass is 16.5. The molecule has 1 fully saturated rings. The highest BCUT2D eigenvalue weighted by Gasteiger charge is 2.44. The lowest BCUT2D eigenvalue weighted by molar-refractivity contribution is 0.0469. The van der Waals surface area contributed by atoms with Crippen molar-refractivity contribution in [2.75, 3.05) is 7.11 Å². The molecule has 5 atom stereocenters. The molecule has 0 bridgehead atoms. The van der Waals surface area contributed by atoms with Gasteiger partial charge in [-0.25, -0.2) is 0 Å². The molecule has 6 heteroatoms. The van der Waals surface area contributed by atoms with Crippen LogP contribution in [0.25, 0.3) is 0 Å². The number of nitrogens with zero attached hydrogens (tertiary/aromatic N) is 2. The number of methoxy groups -OCH3 is 1. The average Bonchev–Trinajstić information content (AvgIpc) is 2.96. The maximum absolute atomic E-state index is 5.97. The average molecular weight is 296 g/mol. The van der Waals surface area contributed by atoms with Gasteiger partial charge in [0.2, 0.25) is 0 Å². The number of ether oxygens (including phenoxy) is 2. The third kappa shape index (κ3) is 2.80. The van der Waals surface area contributed by atoms with E-state index in [9.17, 15) is 0 Å². The smallest absolute Gasteiger partial charge is 0.161 e. The van der Waals surface area contributed by atoms with Crippen molar-refractivity contribution in [3.05, 3.63) is 11.9 Å². The summed E-state index contributed by atoms with van der Waals surface area (Å²) in [5, 5.41) is 4.45. The Morgan fingerprint density at radius 3 is 2.43 bits per heavy atom. The van der Waals surface area contributed by atoms with Crippen molar-refractivity contribution in [1.82, 2.24) is 15.2 Å². The third-order valence-electron chi connectivity index (χ3n) is 4.69. The zero-order valence-corrected chi connectivity index (χ0v) is 13.8. The molecule has 1 aromatic rings. The normalized spacial score (nSPS) is 30.9.